The minimum Gasteiger partial charge on any atom is -0.481 e. The standard InChI is InChI=1S/C15H13NO5/c1-16-11(8-13(17)18)6-7-12(16)14(19)9-2-4-10(5-3-9)15(20)21/h2-7H,8H2,1H3,(H,17,18)(H,20,21). The quantitative estimate of drug-likeness (QED) is 0.814. The molecule has 0 saturated carbocycles. The summed E-state index contributed by atoms with van der Waals surface area (Å²) in [5.74, 6) is -2.32. The zero-order valence-corrected chi connectivity index (χ0v) is 11.2. The molecule has 6 heteroatoms. The molecule has 1 aromatic heterocycles. The lowest BCUT2D eigenvalue weighted by atomic mass is 10.1. The summed E-state index contributed by atoms with van der Waals surface area (Å²) in [6.07, 6.45) is -0.165. The van der Waals surface area contributed by atoms with Crippen molar-refractivity contribution < 1.29 is 24.6 Å². The highest BCUT2D eigenvalue weighted by atomic mass is 16.4. The molecule has 0 atom stereocenters. The van der Waals surface area contributed by atoms with E-state index in [0.29, 0.717) is 17.0 Å². The molecule has 0 aliphatic rings. The Morgan fingerprint density at radius 3 is 2.05 bits per heavy atom. The van der Waals surface area contributed by atoms with Crippen molar-refractivity contribution in [2.24, 2.45) is 7.05 Å². The summed E-state index contributed by atoms with van der Waals surface area (Å²) in [6, 6.07) is 8.75. The summed E-state index contributed by atoms with van der Waals surface area (Å²) in [4.78, 5) is 33.8. The number of nitrogens with zero attached hydrogens (tertiary/aromatic N) is 1. The molecule has 0 fully saturated rings. The molecule has 0 amide bonds. The van der Waals surface area contributed by atoms with E-state index in [4.69, 9.17) is 10.2 Å². The minimum absolute atomic E-state index is 0.102. The fourth-order valence-corrected chi connectivity index (χ4v) is 2.03. The minimum atomic E-state index is -1.06. The Kier molecular flexibility index (Phi) is 3.89. The van der Waals surface area contributed by atoms with Crippen molar-refractivity contribution in [2.45, 2.75) is 6.42 Å². The van der Waals surface area contributed by atoms with Crippen LogP contribution in [0.2, 0.25) is 0 Å². The maximum Gasteiger partial charge on any atom is 0.335 e. The number of carboxylic acids is 2. The number of hydrogen-bond donors (Lipinski definition) is 2. The summed E-state index contributed by atoms with van der Waals surface area (Å²) in [5.41, 5.74) is 1.33. The molecule has 0 aliphatic carbocycles. The van der Waals surface area contributed by atoms with Gasteiger partial charge in [-0.1, -0.05) is 12.1 Å². The number of ketones is 1. The van der Waals surface area contributed by atoms with Gasteiger partial charge < -0.3 is 14.8 Å². The Morgan fingerprint density at radius 2 is 1.52 bits per heavy atom. The van der Waals surface area contributed by atoms with Crippen molar-refractivity contribution in [1.29, 1.82) is 0 Å². The van der Waals surface area contributed by atoms with Gasteiger partial charge >= 0.3 is 11.9 Å². The van der Waals surface area contributed by atoms with E-state index in [2.05, 4.69) is 0 Å². The molecule has 108 valence electrons. The normalized spacial score (nSPS) is 10.3. The average molecular weight is 287 g/mol. The van der Waals surface area contributed by atoms with Gasteiger partial charge in [-0.2, -0.15) is 0 Å². The Labute approximate surface area is 120 Å². The topological polar surface area (TPSA) is 96.6 Å². The second-order valence-electron chi connectivity index (χ2n) is 4.55. The predicted octanol–water partition coefficient (Wildman–Crippen LogP) is 1.58. The van der Waals surface area contributed by atoms with E-state index in [-0.39, 0.29) is 17.8 Å². The van der Waals surface area contributed by atoms with Gasteiger partial charge in [-0.3, -0.25) is 9.59 Å². The van der Waals surface area contributed by atoms with E-state index >= 15 is 0 Å². The lowest BCUT2D eigenvalue weighted by molar-refractivity contribution is -0.136. The van der Waals surface area contributed by atoms with Gasteiger partial charge in [-0.05, 0) is 24.3 Å². The van der Waals surface area contributed by atoms with Gasteiger partial charge in [0, 0.05) is 18.3 Å². The number of aromatic carboxylic acids is 1. The summed E-state index contributed by atoms with van der Waals surface area (Å²) < 4.78 is 1.53. The molecular formula is C15H13NO5. The first-order chi connectivity index (χ1) is 9.90. The van der Waals surface area contributed by atoms with Crippen LogP contribution in [-0.4, -0.2) is 32.5 Å². The molecular weight excluding hydrogens is 274 g/mol. The third kappa shape index (κ3) is 3.00. The molecule has 1 heterocycles. The van der Waals surface area contributed by atoms with Crippen LogP contribution in [0.4, 0.5) is 0 Å². The van der Waals surface area contributed by atoms with Gasteiger partial charge in [0.05, 0.1) is 17.7 Å². The molecule has 2 N–H and O–H groups in total. The predicted molar refractivity (Wildman–Crippen MR) is 73.6 cm³/mol. The number of benzene rings is 1. The van der Waals surface area contributed by atoms with Gasteiger partial charge in [0.25, 0.3) is 0 Å². The molecule has 21 heavy (non-hydrogen) atoms. The zero-order valence-electron chi connectivity index (χ0n) is 11.2. The van der Waals surface area contributed by atoms with Crippen LogP contribution in [0.1, 0.15) is 32.1 Å². The molecule has 0 saturated heterocycles. The molecule has 2 rings (SSSR count). The Bertz CT molecular complexity index is 712. The summed E-state index contributed by atoms with van der Waals surface area (Å²) in [7, 11) is 1.62. The molecule has 0 unspecified atom stereocenters. The van der Waals surface area contributed by atoms with Gasteiger partial charge in [-0.15, -0.1) is 0 Å². The number of carbonyl (C=O) groups is 3. The fourth-order valence-electron chi connectivity index (χ4n) is 2.03. The number of aliphatic carboxylic acids is 1. The Morgan fingerprint density at radius 1 is 0.952 bits per heavy atom. The van der Waals surface area contributed by atoms with Gasteiger partial charge in [0.1, 0.15) is 0 Å². The zero-order chi connectivity index (χ0) is 15.6. The summed E-state index contributed by atoms with van der Waals surface area (Å²) in [5, 5.41) is 17.6. The Balaban J connectivity index is 2.29. The molecule has 6 nitrogen and oxygen atoms in total. The van der Waals surface area contributed by atoms with Crippen LogP contribution in [-0.2, 0) is 18.3 Å². The van der Waals surface area contributed by atoms with Crippen LogP contribution in [0.5, 0.6) is 0 Å². The molecule has 0 bridgehead atoms. The van der Waals surface area contributed by atoms with E-state index in [0.717, 1.165) is 0 Å². The maximum absolute atomic E-state index is 12.3. The number of aromatic nitrogens is 1. The first kappa shape index (κ1) is 14.5. The Hall–Kier alpha value is -2.89. The fraction of sp³-hybridized carbons (Fsp3) is 0.133. The van der Waals surface area contributed by atoms with Gasteiger partial charge in [-0.25, -0.2) is 4.79 Å². The lowest BCUT2D eigenvalue weighted by Crippen LogP contribution is -2.11. The largest absolute Gasteiger partial charge is 0.481 e. The molecule has 1 aromatic carbocycles. The van der Waals surface area contributed by atoms with Crippen molar-refractivity contribution >= 4 is 17.7 Å². The van der Waals surface area contributed by atoms with Crippen molar-refractivity contribution in [3.05, 3.63) is 58.9 Å². The van der Waals surface area contributed by atoms with Crippen molar-refractivity contribution in [1.82, 2.24) is 4.57 Å². The van der Waals surface area contributed by atoms with E-state index in [9.17, 15) is 14.4 Å². The van der Waals surface area contributed by atoms with Gasteiger partial charge in [0.2, 0.25) is 5.78 Å². The number of hydrogen-bond acceptors (Lipinski definition) is 3. The first-order valence-corrected chi connectivity index (χ1v) is 6.14. The summed E-state index contributed by atoms with van der Waals surface area (Å²) >= 11 is 0. The maximum atomic E-state index is 12.3. The highest BCUT2D eigenvalue weighted by molar-refractivity contribution is 6.08. The second-order valence-corrected chi connectivity index (χ2v) is 4.55. The third-order valence-corrected chi connectivity index (χ3v) is 3.18. The van der Waals surface area contributed by atoms with Crippen LogP contribution in [0.15, 0.2) is 36.4 Å². The average Bonchev–Trinajstić information content (AvgIpc) is 2.79. The van der Waals surface area contributed by atoms with Crippen molar-refractivity contribution in [3.8, 4) is 0 Å². The highest BCUT2D eigenvalue weighted by Crippen LogP contribution is 2.14. The van der Waals surface area contributed by atoms with Crippen molar-refractivity contribution in [2.75, 3.05) is 0 Å². The molecule has 0 spiro atoms. The highest BCUT2D eigenvalue weighted by Gasteiger charge is 2.16. The van der Waals surface area contributed by atoms with E-state index in [1.54, 1.807) is 19.2 Å². The van der Waals surface area contributed by atoms with E-state index < -0.39 is 11.9 Å². The van der Waals surface area contributed by atoms with Crippen LogP contribution in [0, 0.1) is 0 Å². The van der Waals surface area contributed by atoms with Crippen LogP contribution >= 0.6 is 0 Å². The molecule has 0 aliphatic heterocycles. The number of carboxylic acid groups (broad SMARTS) is 2. The van der Waals surface area contributed by atoms with Crippen molar-refractivity contribution in [3.63, 3.8) is 0 Å². The SMILES string of the molecule is Cn1c(CC(=O)O)ccc1C(=O)c1ccc(C(=O)O)cc1. The first-order valence-electron chi connectivity index (χ1n) is 6.14. The van der Waals surface area contributed by atoms with E-state index in [1.807, 2.05) is 0 Å². The van der Waals surface area contributed by atoms with Crippen LogP contribution in [0.25, 0.3) is 0 Å². The number of carbonyl (C=O) groups excluding carboxylic acids is 1. The molecule has 0 radical (unpaired) electrons. The number of rotatable bonds is 5. The van der Waals surface area contributed by atoms with Gasteiger partial charge in [0.15, 0.2) is 0 Å². The summed E-state index contributed by atoms with van der Waals surface area (Å²) in [6.45, 7) is 0. The molecule has 2 aromatic rings. The van der Waals surface area contributed by atoms with Crippen LogP contribution < -0.4 is 0 Å². The second kappa shape index (κ2) is 5.62. The monoisotopic (exact) mass is 287 g/mol. The van der Waals surface area contributed by atoms with Crippen LogP contribution in [0.3, 0.4) is 0 Å². The third-order valence-electron chi connectivity index (χ3n) is 3.18. The van der Waals surface area contributed by atoms with E-state index in [1.165, 1.54) is 28.8 Å². The smallest absolute Gasteiger partial charge is 0.335 e. The lowest BCUT2D eigenvalue weighted by Gasteiger charge is -2.06.